The topological polar surface area (TPSA) is 58.4 Å². The number of aliphatic hydroxyl groups is 1. The molecule has 1 aromatic carbocycles. The van der Waals surface area contributed by atoms with E-state index in [1.54, 1.807) is 51.0 Å². The SMILES string of the molecule is CSc1nccn1-c1ccc(C(=O)N(C)CC(C)(C)O)cc1. The average Bonchev–Trinajstić information content (AvgIpc) is 2.93. The van der Waals surface area contributed by atoms with Gasteiger partial charge in [-0.1, -0.05) is 11.8 Å². The molecule has 2 aromatic rings. The molecule has 0 saturated heterocycles. The standard InChI is InChI=1S/C16H21N3O2S/c1-16(2,21)11-18(3)14(20)12-5-7-13(8-6-12)19-10-9-17-15(19)22-4/h5-10,21H,11H2,1-4H3. The lowest BCUT2D eigenvalue weighted by Crippen LogP contribution is -2.39. The molecule has 0 fully saturated rings. The van der Waals surface area contributed by atoms with Crippen LogP contribution in [0.4, 0.5) is 0 Å². The van der Waals surface area contributed by atoms with Gasteiger partial charge in [0.15, 0.2) is 5.16 Å². The van der Waals surface area contributed by atoms with Crippen LogP contribution >= 0.6 is 11.8 Å². The zero-order valence-corrected chi connectivity index (χ0v) is 14.1. The molecule has 0 saturated carbocycles. The van der Waals surface area contributed by atoms with Crippen molar-refractivity contribution in [1.82, 2.24) is 14.5 Å². The summed E-state index contributed by atoms with van der Waals surface area (Å²) in [4.78, 5) is 18.1. The highest BCUT2D eigenvalue weighted by molar-refractivity contribution is 7.98. The van der Waals surface area contributed by atoms with Crippen LogP contribution in [0.2, 0.25) is 0 Å². The van der Waals surface area contributed by atoms with Crippen molar-refractivity contribution in [2.45, 2.75) is 24.6 Å². The smallest absolute Gasteiger partial charge is 0.253 e. The van der Waals surface area contributed by atoms with Gasteiger partial charge in [-0.15, -0.1) is 0 Å². The maximum Gasteiger partial charge on any atom is 0.253 e. The minimum Gasteiger partial charge on any atom is -0.389 e. The van der Waals surface area contributed by atoms with E-state index in [4.69, 9.17) is 0 Å². The van der Waals surface area contributed by atoms with Gasteiger partial charge < -0.3 is 10.0 Å². The van der Waals surface area contributed by atoms with E-state index in [1.807, 2.05) is 29.2 Å². The third-order valence-corrected chi connectivity index (χ3v) is 3.82. The fourth-order valence-corrected chi connectivity index (χ4v) is 2.80. The number of carbonyl (C=O) groups is 1. The zero-order valence-electron chi connectivity index (χ0n) is 13.3. The van der Waals surface area contributed by atoms with Gasteiger partial charge >= 0.3 is 0 Å². The summed E-state index contributed by atoms with van der Waals surface area (Å²) in [5.74, 6) is -0.107. The summed E-state index contributed by atoms with van der Waals surface area (Å²) in [5, 5.41) is 10.7. The second kappa shape index (κ2) is 6.54. The second-order valence-corrected chi connectivity index (χ2v) is 6.58. The van der Waals surface area contributed by atoms with Gasteiger partial charge in [-0.25, -0.2) is 4.98 Å². The summed E-state index contributed by atoms with van der Waals surface area (Å²) in [6.45, 7) is 3.65. The Morgan fingerprint density at radius 1 is 1.36 bits per heavy atom. The van der Waals surface area contributed by atoms with Crippen LogP contribution in [-0.4, -0.2) is 50.9 Å². The Morgan fingerprint density at radius 3 is 2.55 bits per heavy atom. The van der Waals surface area contributed by atoms with Gasteiger partial charge in [0, 0.05) is 37.2 Å². The number of nitrogens with zero attached hydrogens (tertiary/aromatic N) is 3. The summed E-state index contributed by atoms with van der Waals surface area (Å²) < 4.78 is 1.97. The molecule has 0 aliphatic heterocycles. The lowest BCUT2D eigenvalue weighted by Gasteiger charge is -2.25. The molecule has 0 aliphatic carbocycles. The highest BCUT2D eigenvalue weighted by Crippen LogP contribution is 2.19. The normalized spacial score (nSPS) is 11.5. The monoisotopic (exact) mass is 319 g/mol. The van der Waals surface area contributed by atoms with Crippen LogP contribution in [0.3, 0.4) is 0 Å². The first-order valence-electron chi connectivity index (χ1n) is 6.97. The number of imidazole rings is 1. The maximum atomic E-state index is 12.3. The number of rotatable bonds is 5. The molecule has 2 rings (SSSR count). The zero-order chi connectivity index (χ0) is 16.3. The largest absolute Gasteiger partial charge is 0.389 e. The summed E-state index contributed by atoms with van der Waals surface area (Å²) in [5.41, 5.74) is 0.652. The Hall–Kier alpha value is -1.79. The molecule has 6 heteroatoms. The third-order valence-electron chi connectivity index (χ3n) is 3.15. The van der Waals surface area contributed by atoms with Crippen LogP contribution in [0.25, 0.3) is 5.69 Å². The van der Waals surface area contributed by atoms with E-state index in [2.05, 4.69) is 4.98 Å². The molecule has 0 spiro atoms. The van der Waals surface area contributed by atoms with Gasteiger partial charge in [-0.05, 0) is 44.4 Å². The summed E-state index contributed by atoms with van der Waals surface area (Å²) in [7, 11) is 1.69. The lowest BCUT2D eigenvalue weighted by molar-refractivity contribution is 0.0368. The molecule has 22 heavy (non-hydrogen) atoms. The van der Waals surface area contributed by atoms with Crippen molar-refractivity contribution < 1.29 is 9.90 Å². The molecule has 118 valence electrons. The van der Waals surface area contributed by atoms with Crippen molar-refractivity contribution in [2.75, 3.05) is 19.8 Å². The van der Waals surface area contributed by atoms with E-state index in [1.165, 1.54) is 4.90 Å². The molecule has 0 aliphatic rings. The first-order chi connectivity index (χ1) is 10.3. The Morgan fingerprint density at radius 2 is 2.00 bits per heavy atom. The van der Waals surface area contributed by atoms with E-state index < -0.39 is 5.60 Å². The number of hydrogen-bond donors (Lipinski definition) is 1. The van der Waals surface area contributed by atoms with Crippen LogP contribution in [0.5, 0.6) is 0 Å². The van der Waals surface area contributed by atoms with Gasteiger partial charge in [0.1, 0.15) is 0 Å². The van der Waals surface area contributed by atoms with E-state index in [0.717, 1.165) is 10.8 Å². The molecular weight excluding hydrogens is 298 g/mol. The molecule has 0 radical (unpaired) electrons. The van der Waals surface area contributed by atoms with Crippen molar-refractivity contribution in [3.8, 4) is 5.69 Å². The summed E-state index contributed by atoms with van der Waals surface area (Å²) in [6, 6.07) is 7.38. The number of hydrogen-bond acceptors (Lipinski definition) is 4. The number of likely N-dealkylation sites (N-methyl/N-ethyl adjacent to an activating group) is 1. The van der Waals surface area contributed by atoms with Gasteiger partial charge in [0.2, 0.25) is 0 Å². The van der Waals surface area contributed by atoms with Gasteiger partial charge in [-0.3, -0.25) is 9.36 Å². The number of benzene rings is 1. The van der Waals surface area contributed by atoms with Crippen LogP contribution < -0.4 is 0 Å². The van der Waals surface area contributed by atoms with Crippen molar-refractivity contribution in [3.05, 3.63) is 42.2 Å². The van der Waals surface area contributed by atoms with Crippen LogP contribution in [0.1, 0.15) is 24.2 Å². The third kappa shape index (κ3) is 3.90. The molecule has 1 aromatic heterocycles. The minimum absolute atomic E-state index is 0.107. The fourth-order valence-electron chi connectivity index (χ4n) is 2.27. The Kier molecular flexibility index (Phi) is 4.93. The number of aromatic nitrogens is 2. The van der Waals surface area contributed by atoms with E-state index in [0.29, 0.717) is 5.56 Å². The Labute approximate surface area is 135 Å². The van der Waals surface area contributed by atoms with Gasteiger partial charge in [-0.2, -0.15) is 0 Å². The minimum atomic E-state index is -0.908. The van der Waals surface area contributed by atoms with E-state index in [-0.39, 0.29) is 12.5 Å². The van der Waals surface area contributed by atoms with Crippen molar-refractivity contribution >= 4 is 17.7 Å². The van der Waals surface area contributed by atoms with Crippen LogP contribution in [0.15, 0.2) is 41.8 Å². The molecule has 0 bridgehead atoms. The lowest BCUT2D eigenvalue weighted by atomic mass is 10.1. The first kappa shape index (κ1) is 16.6. The average molecular weight is 319 g/mol. The Bertz CT molecular complexity index is 644. The number of thioether (sulfide) groups is 1. The highest BCUT2D eigenvalue weighted by atomic mass is 32.2. The molecule has 1 amide bonds. The molecule has 0 unspecified atom stereocenters. The molecule has 5 nitrogen and oxygen atoms in total. The van der Waals surface area contributed by atoms with Crippen molar-refractivity contribution in [1.29, 1.82) is 0 Å². The molecule has 0 atom stereocenters. The molecular formula is C16H21N3O2S. The maximum absolute atomic E-state index is 12.3. The predicted octanol–water partition coefficient (Wildman–Crippen LogP) is 2.44. The van der Waals surface area contributed by atoms with Gasteiger partial charge in [0.05, 0.1) is 5.60 Å². The van der Waals surface area contributed by atoms with Crippen LogP contribution in [0, 0.1) is 0 Å². The van der Waals surface area contributed by atoms with E-state index >= 15 is 0 Å². The quantitative estimate of drug-likeness (QED) is 0.860. The summed E-state index contributed by atoms with van der Waals surface area (Å²) in [6.07, 6.45) is 5.62. The predicted molar refractivity (Wildman–Crippen MR) is 88.6 cm³/mol. The van der Waals surface area contributed by atoms with Crippen LogP contribution in [-0.2, 0) is 0 Å². The second-order valence-electron chi connectivity index (χ2n) is 5.80. The van der Waals surface area contributed by atoms with Crippen molar-refractivity contribution in [3.63, 3.8) is 0 Å². The number of carbonyl (C=O) groups excluding carboxylic acids is 1. The Balaban J connectivity index is 2.17. The van der Waals surface area contributed by atoms with Gasteiger partial charge in [0.25, 0.3) is 5.91 Å². The first-order valence-corrected chi connectivity index (χ1v) is 8.20. The summed E-state index contributed by atoms with van der Waals surface area (Å²) >= 11 is 1.57. The molecule has 1 N–H and O–H groups in total. The fraction of sp³-hybridized carbons (Fsp3) is 0.375. The highest BCUT2D eigenvalue weighted by Gasteiger charge is 2.20. The number of amides is 1. The van der Waals surface area contributed by atoms with Crippen molar-refractivity contribution in [2.24, 2.45) is 0 Å². The van der Waals surface area contributed by atoms with E-state index in [9.17, 15) is 9.90 Å². The molecule has 1 heterocycles.